The lowest BCUT2D eigenvalue weighted by Crippen LogP contribution is -2.49. The molecule has 0 aliphatic carbocycles. The van der Waals surface area contributed by atoms with Crippen molar-refractivity contribution in [3.05, 3.63) is 59.2 Å². The second kappa shape index (κ2) is 10.3. The standard InChI is InChI=1S/C25H32N2O4/c1-5-18(3)26-25(29)19(4)27(15-21-8-6-17(2)7-9-21)24(28)13-11-20-10-12-22-23(14-20)31-16-30-22/h6-10,12,14,18-19H,5,11,13,15-16H2,1-4H3,(H,26,29)/t18-,19+/m1/s1. The Bertz CT molecular complexity index is 910. The van der Waals surface area contributed by atoms with Crippen LogP contribution in [-0.4, -0.2) is 35.6 Å². The fourth-order valence-corrected chi connectivity index (χ4v) is 3.43. The molecule has 6 heteroatoms. The molecule has 2 amide bonds. The zero-order valence-electron chi connectivity index (χ0n) is 18.8. The number of hydrogen-bond donors (Lipinski definition) is 1. The molecule has 166 valence electrons. The molecule has 2 aromatic carbocycles. The zero-order chi connectivity index (χ0) is 22.4. The zero-order valence-corrected chi connectivity index (χ0v) is 18.8. The number of nitrogens with zero attached hydrogens (tertiary/aromatic N) is 1. The summed E-state index contributed by atoms with van der Waals surface area (Å²) in [5.74, 6) is 1.26. The van der Waals surface area contributed by atoms with Crippen LogP contribution in [0.3, 0.4) is 0 Å². The van der Waals surface area contributed by atoms with E-state index in [2.05, 4.69) is 5.32 Å². The number of carbonyl (C=O) groups is 2. The van der Waals surface area contributed by atoms with E-state index >= 15 is 0 Å². The number of amides is 2. The predicted molar refractivity (Wildman–Crippen MR) is 120 cm³/mol. The van der Waals surface area contributed by atoms with Crippen molar-refractivity contribution >= 4 is 11.8 Å². The van der Waals surface area contributed by atoms with E-state index in [1.54, 1.807) is 11.8 Å². The van der Waals surface area contributed by atoms with Crippen LogP contribution in [0.1, 0.15) is 50.3 Å². The van der Waals surface area contributed by atoms with Gasteiger partial charge in [-0.3, -0.25) is 9.59 Å². The summed E-state index contributed by atoms with van der Waals surface area (Å²) >= 11 is 0. The number of ether oxygens (including phenoxy) is 2. The highest BCUT2D eigenvalue weighted by Crippen LogP contribution is 2.32. The molecule has 1 aliphatic rings. The predicted octanol–water partition coefficient (Wildman–Crippen LogP) is 3.99. The monoisotopic (exact) mass is 424 g/mol. The van der Waals surface area contributed by atoms with Crippen LogP contribution in [-0.2, 0) is 22.6 Å². The van der Waals surface area contributed by atoms with Crippen LogP contribution >= 0.6 is 0 Å². The van der Waals surface area contributed by atoms with Crippen LogP contribution in [0.15, 0.2) is 42.5 Å². The average Bonchev–Trinajstić information content (AvgIpc) is 3.24. The van der Waals surface area contributed by atoms with Crippen LogP contribution in [0.2, 0.25) is 0 Å². The van der Waals surface area contributed by atoms with E-state index in [4.69, 9.17) is 9.47 Å². The van der Waals surface area contributed by atoms with Gasteiger partial charge in [-0.1, -0.05) is 42.8 Å². The van der Waals surface area contributed by atoms with Gasteiger partial charge in [-0.15, -0.1) is 0 Å². The Kier molecular flexibility index (Phi) is 7.55. The highest BCUT2D eigenvalue weighted by Gasteiger charge is 2.26. The van der Waals surface area contributed by atoms with E-state index in [-0.39, 0.29) is 24.6 Å². The van der Waals surface area contributed by atoms with E-state index in [1.807, 2.05) is 63.2 Å². The summed E-state index contributed by atoms with van der Waals surface area (Å²) in [6.45, 7) is 8.44. The Morgan fingerprint density at radius 2 is 1.71 bits per heavy atom. The third-order valence-corrected chi connectivity index (χ3v) is 5.71. The first kappa shape index (κ1) is 22.7. The lowest BCUT2D eigenvalue weighted by molar-refractivity contribution is -0.140. The van der Waals surface area contributed by atoms with Crippen molar-refractivity contribution in [2.45, 2.75) is 65.6 Å². The Morgan fingerprint density at radius 3 is 2.42 bits per heavy atom. The molecule has 31 heavy (non-hydrogen) atoms. The SMILES string of the molecule is CC[C@@H](C)NC(=O)[C@H](C)N(Cc1ccc(C)cc1)C(=O)CCc1ccc2c(c1)OCO2. The van der Waals surface area contributed by atoms with Crippen LogP contribution in [0.4, 0.5) is 0 Å². The van der Waals surface area contributed by atoms with E-state index in [9.17, 15) is 9.59 Å². The molecule has 0 aromatic heterocycles. The summed E-state index contributed by atoms with van der Waals surface area (Å²) in [5, 5.41) is 3.00. The first-order valence-corrected chi connectivity index (χ1v) is 10.9. The van der Waals surface area contributed by atoms with E-state index in [0.717, 1.165) is 28.9 Å². The van der Waals surface area contributed by atoms with Gasteiger partial charge in [0.1, 0.15) is 6.04 Å². The van der Waals surface area contributed by atoms with Crippen molar-refractivity contribution in [2.75, 3.05) is 6.79 Å². The van der Waals surface area contributed by atoms with Crippen molar-refractivity contribution in [3.8, 4) is 11.5 Å². The van der Waals surface area contributed by atoms with Gasteiger partial charge in [0.05, 0.1) is 0 Å². The molecule has 0 fully saturated rings. The first-order chi connectivity index (χ1) is 14.9. The minimum atomic E-state index is -0.556. The maximum absolute atomic E-state index is 13.2. The molecular formula is C25H32N2O4. The molecule has 0 spiro atoms. The van der Waals surface area contributed by atoms with Gasteiger partial charge in [-0.25, -0.2) is 0 Å². The number of hydrogen-bond acceptors (Lipinski definition) is 4. The van der Waals surface area contributed by atoms with Gasteiger partial charge in [-0.2, -0.15) is 0 Å². The largest absolute Gasteiger partial charge is 0.454 e. The molecule has 1 heterocycles. The lowest BCUT2D eigenvalue weighted by Gasteiger charge is -2.30. The summed E-state index contributed by atoms with van der Waals surface area (Å²) < 4.78 is 10.8. The Labute approximate surface area is 184 Å². The number of aryl methyl sites for hydroxylation is 2. The molecule has 2 atom stereocenters. The van der Waals surface area contributed by atoms with Gasteiger partial charge >= 0.3 is 0 Å². The number of nitrogens with one attached hydrogen (secondary N) is 1. The molecule has 1 N–H and O–H groups in total. The Balaban J connectivity index is 1.71. The summed E-state index contributed by atoms with van der Waals surface area (Å²) in [4.78, 5) is 27.7. The fraction of sp³-hybridized carbons (Fsp3) is 0.440. The van der Waals surface area contributed by atoms with Crippen LogP contribution in [0.25, 0.3) is 0 Å². The molecule has 2 aromatic rings. The third-order valence-electron chi connectivity index (χ3n) is 5.71. The quantitative estimate of drug-likeness (QED) is 0.661. The molecule has 0 saturated heterocycles. The van der Waals surface area contributed by atoms with Crippen molar-refractivity contribution in [3.63, 3.8) is 0 Å². The molecule has 1 aliphatic heterocycles. The molecule has 0 saturated carbocycles. The molecule has 3 rings (SSSR count). The van der Waals surface area contributed by atoms with Crippen LogP contribution < -0.4 is 14.8 Å². The smallest absolute Gasteiger partial charge is 0.242 e. The molecule has 0 radical (unpaired) electrons. The van der Waals surface area contributed by atoms with Gasteiger partial charge in [-0.05, 0) is 56.9 Å². The average molecular weight is 425 g/mol. The maximum Gasteiger partial charge on any atom is 0.242 e. The summed E-state index contributed by atoms with van der Waals surface area (Å²) in [5.41, 5.74) is 3.17. The Morgan fingerprint density at radius 1 is 1.03 bits per heavy atom. The molecule has 0 unspecified atom stereocenters. The normalized spacial score (nSPS) is 14.1. The first-order valence-electron chi connectivity index (χ1n) is 10.9. The lowest BCUT2D eigenvalue weighted by atomic mass is 10.1. The molecule has 6 nitrogen and oxygen atoms in total. The second-order valence-corrected chi connectivity index (χ2v) is 8.19. The molecule has 0 bridgehead atoms. The van der Waals surface area contributed by atoms with Gasteiger partial charge in [0.25, 0.3) is 0 Å². The minimum Gasteiger partial charge on any atom is -0.454 e. The second-order valence-electron chi connectivity index (χ2n) is 8.19. The number of benzene rings is 2. The summed E-state index contributed by atoms with van der Waals surface area (Å²) in [6.07, 6.45) is 1.72. The van der Waals surface area contributed by atoms with Crippen molar-refractivity contribution in [1.82, 2.24) is 10.2 Å². The summed E-state index contributed by atoms with van der Waals surface area (Å²) in [6, 6.07) is 13.3. The van der Waals surface area contributed by atoms with E-state index < -0.39 is 6.04 Å². The fourth-order valence-electron chi connectivity index (χ4n) is 3.43. The van der Waals surface area contributed by atoms with Gasteiger partial charge < -0.3 is 19.7 Å². The van der Waals surface area contributed by atoms with Gasteiger partial charge in [0.15, 0.2) is 11.5 Å². The van der Waals surface area contributed by atoms with Crippen molar-refractivity contribution < 1.29 is 19.1 Å². The number of carbonyl (C=O) groups excluding carboxylic acids is 2. The third kappa shape index (κ3) is 6.00. The Hall–Kier alpha value is -3.02. The summed E-state index contributed by atoms with van der Waals surface area (Å²) in [7, 11) is 0. The van der Waals surface area contributed by atoms with Crippen LogP contribution in [0.5, 0.6) is 11.5 Å². The number of rotatable bonds is 9. The minimum absolute atomic E-state index is 0.0509. The van der Waals surface area contributed by atoms with Gasteiger partial charge in [0, 0.05) is 19.0 Å². The van der Waals surface area contributed by atoms with Gasteiger partial charge in [0.2, 0.25) is 18.6 Å². The van der Waals surface area contributed by atoms with E-state index in [1.165, 1.54) is 0 Å². The maximum atomic E-state index is 13.2. The highest BCUT2D eigenvalue weighted by atomic mass is 16.7. The molecular weight excluding hydrogens is 392 g/mol. The van der Waals surface area contributed by atoms with Crippen molar-refractivity contribution in [2.24, 2.45) is 0 Å². The number of fused-ring (bicyclic) bond motifs is 1. The highest BCUT2D eigenvalue weighted by molar-refractivity contribution is 5.87. The van der Waals surface area contributed by atoms with Crippen molar-refractivity contribution in [1.29, 1.82) is 0 Å². The van der Waals surface area contributed by atoms with E-state index in [0.29, 0.717) is 25.1 Å². The van der Waals surface area contributed by atoms with Crippen LogP contribution in [0, 0.1) is 6.92 Å². The topological polar surface area (TPSA) is 67.9 Å².